The quantitative estimate of drug-likeness (QED) is 0.285. The number of amides is 2. The number of unbranched alkanes of at least 4 members (excludes halogenated alkanes) is 2. The summed E-state index contributed by atoms with van der Waals surface area (Å²) < 4.78 is 5.30. The average Bonchev–Trinajstić information content (AvgIpc) is 2.73. The Labute approximate surface area is 181 Å². The number of hydrogen-bond acceptors (Lipinski definition) is 5. The molecule has 0 aliphatic carbocycles. The molecule has 0 unspecified atom stereocenters. The zero-order valence-corrected chi connectivity index (χ0v) is 17.6. The van der Waals surface area contributed by atoms with Crippen LogP contribution in [0, 0.1) is 0 Å². The van der Waals surface area contributed by atoms with Gasteiger partial charge in [0.1, 0.15) is 0 Å². The molecule has 0 saturated heterocycles. The number of benzene rings is 2. The zero-order valence-electron chi connectivity index (χ0n) is 16.9. The van der Waals surface area contributed by atoms with Gasteiger partial charge < -0.3 is 15.2 Å². The number of ether oxygens (including phenoxy) is 1. The van der Waals surface area contributed by atoms with Crippen LogP contribution in [0.4, 0.5) is 0 Å². The predicted octanol–water partition coefficient (Wildman–Crippen LogP) is 3.88. The molecule has 8 heteroatoms. The van der Waals surface area contributed by atoms with Gasteiger partial charge in [0, 0.05) is 13.0 Å². The minimum atomic E-state index is -0.200. The minimum Gasteiger partial charge on any atom is -0.504 e. The highest BCUT2D eigenvalue weighted by Gasteiger charge is 2.08. The molecule has 2 aromatic carbocycles. The van der Waals surface area contributed by atoms with Crippen LogP contribution in [0.15, 0.2) is 47.6 Å². The molecular formula is C22H26ClN3O4. The fraction of sp³-hybridized carbons (Fsp3) is 0.318. The van der Waals surface area contributed by atoms with Crippen LogP contribution in [0.2, 0.25) is 5.02 Å². The first kappa shape index (κ1) is 23.2. The van der Waals surface area contributed by atoms with Crippen LogP contribution in [0.3, 0.4) is 0 Å². The zero-order chi connectivity index (χ0) is 21.8. The average molecular weight is 432 g/mol. The Morgan fingerprint density at radius 2 is 1.97 bits per heavy atom. The van der Waals surface area contributed by atoms with Crippen LogP contribution < -0.4 is 15.5 Å². The van der Waals surface area contributed by atoms with E-state index in [0.29, 0.717) is 47.9 Å². The number of aromatic hydroxyl groups is 1. The fourth-order valence-corrected chi connectivity index (χ4v) is 2.87. The number of nitrogens with one attached hydrogen (secondary N) is 2. The summed E-state index contributed by atoms with van der Waals surface area (Å²) >= 11 is 5.99. The molecule has 30 heavy (non-hydrogen) atoms. The van der Waals surface area contributed by atoms with Gasteiger partial charge in [0.25, 0.3) is 5.91 Å². The molecule has 3 N–H and O–H groups in total. The number of nitrogens with zero attached hydrogens (tertiary/aromatic N) is 1. The molecular weight excluding hydrogens is 406 g/mol. The highest BCUT2D eigenvalue weighted by molar-refractivity contribution is 6.33. The van der Waals surface area contributed by atoms with Crippen molar-refractivity contribution in [2.45, 2.75) is 32.6 Å². The Bertz CT molecular complexity index is 886. The highest BCUT2D eigenvalue weighted by Crippen LogP contribution is 2.26. The van der Waals surface area contributed by atoms with Gasteiger partial charge in [-0.05, 0) is 55.7 Å². The smallest absolute Gasteiger partial charge is 0.252 e. The molecule has 7 nitrogen and oxygen atoms in total. The van der Waals surface area contributed by atoms with E-state index >= 15 is 0 Å². The molecule has 0 aromatic heterocycles. The second-order valence-electron chi connectivity index (χ2n) is 6.50. The summed E-state index contributed by atoms with van der Waals surface area (Å²) in [5, 5.41) is 16.8. The number of hydrazone groups is 1. The largest absolute Gasteiger partial charge is 0.504 e. The van der Waals surface area contributed by atoms with Gasteiger partial charge in [-0.2, -0.15) is 5.10 Å². The third-order valence-corrected chi connectivity index (χ3v) is 4.50. The summed E-state index contributed by atoms with van der Waals surface area (Å²) in [7, 11) is 0. The van der Waals surface area contributed by atoms with Crippen molar-refractivity contribution in [3.8, 4) is 11.5 Å². The first-order valence-corrected chi connectivity index (χ1v) is 10.2. The molecule has 0 fully saturated rings. The van der Waals surface area contributed by atoms with Gasteiger partial charge in [0.05, 0.1) is 23.4 Å². The summed E-state index contributed by atoms with van der Waals surface area (Å²) in [5.41, 5.74) is 3.63. The lowest BCUT2D eigenvalue weighted by molar-refractivity contribution is -0.121. The lowest BCUT2D eigenvalue weighted by atomic mass is 10.1. The van der Waals surface area contributed by atoms with Crippen molar-refractivity contribution >= 4 is 29.6 Å². The number of hydrogen-bond donors (Lipinski definition) is 3. The fourth-order valence-electron chi connectivity index (χ4n) is 2.65. The maximum absolute atomic E-state index is 12.0. The van der Waals surface area contributed by atoms with E-state index in [1.807, 2.05) is 6.92 Å². The second-order valence-corrected chi connectivity index (χ2v) is 6.91. The predicted molar refractivity (Wildman–Crippen MR) is 117 cm³/mol. The van der Waals surface area contributed by atoms with E-state index in [1.54, 1.807) is 36.4 Å². The molecule has 2 rings (SSSR count). The van der Waals surface area contributed by atoms with Gasteiger partial charge in [-0.25, -0.2) is 5.43 Å². The van der Waals surface area contributed by atoms with E-state index in [0.717, 1.165) is 12.8 Å². The van der Waals surface area contributed by atoms with Crippen molar-refractivity contribution in [1.29, 1.82) is 0 Å². The highest BCUT2D eigenvalue weighted by atomic mass is 35.5. The van der Waals surface area contributed by atoms with Crippen LogP contribution in [0.5, 0.6) is 11.5 Å². The molecule has 0 atom stereocenters. The molecule has 0 spiro atoms. The van der Waals surface area contributed by atoms with Crippen LogP contribution in [0.1, 0.15) is 48.5 Å². The molecule has 160 valence electrons. The van der Waals surface area contributed by atoms with E-state index in [-0.39, 0.29) is 17.6 Å². The van der Waals surface area contributed by atoms with E-state index in [2.05, 4.69) is 15.8 Å². The van der Waals surface area contributed by atoms with Crippen molar-refractivity contribution < 1.29 is 19.4 Å². The van der Waals surface area contributed by atoms with Gasteiger partial charge in [0.15, 0.2) is 11.5 Å². The lowest BCUT2D eigenvalue weighted by Crippen LogP contribution is -2.24. The summed E-state index contributed by atoms with van der Waals surface area (Å²) in [6.07, 6.45) is 4.09. The third kappa shape index (κ3) is 7.75. The van der Waals surface area contributed by atoms with E-state index < -0.39 is 0 Å². The van der Waals surface area contributed by atoms with Crippen molar-refractivity contribution in [3.05, 3.63) is 58.6 Å². The van der Waals surface area contributed by atoms with E-state index in [9.17, 15) is 14.7 Å². The van der Waals surface area contributed by atoms with Gasteiger partial charge >= 0.3 is 0 Å². The van der Waals surface area contributed by atoms with Crippen LogP contribution >= 0.6 is 11.6 Å². The standard InChI is InChI=1S/C22H26ClN3O4/c1-2-30-20-14-16(11-12-19(20)27)15-25-26-21(28)10-4-3-7-13-24-22(29)17-8-5-6-9-18(17)23/h5-6,8-9,11-12,14-15,27H,2-4,7,10,13H2,1H3,(H,24,29)(H,26,28)/b25-15+. The van der Waals surface area contributed by atoms with Gasteiger partial charge in [0.2, 0.25) is 5.91 Å². The minimum absolute atomic E-state index is 0.0566. The first-order chi connectivity index (χ1) is 14.5. The Morgan fingerprint density at radius 1 is 1.17 bits per heavy atom. The Morgan fingerprint density at radius 3 is 2.73 bits per heavy atom. The molecule has 0 saturated carbocycles. The van der Waals surface area contributed by atoms with Crippen LogP contribution in [0.25, 0.3) is 0 Å². The molecule has 0 aliphatic heterocycles. The number of carbonyl (C=O) groups excluding carboxylic acids is 2. The molecule has 0 radical (unpaired) electrons. The molecule has 2 aromatic rings. The normalized spacial score (nSPS) is 10.7. The lowest BCUT2D eigenvalue weighted by Gasteiger charge is -2.06. The maximum atomic E-state index is 12.0. The number of phenols is 1. The first-order valence-electron chi connectivity index (χ1n) is 9.81. The summed E-state index contributed by atoms with van der Waals surface area (Å²) in [4.78, 5) is 23.9. The van der Waals surface area contributed by atoms with Crippen LogP contribution in [-0.4, -0.2) is 36.3 Å². The van der Waals surface area contributed by atoms with Crippen LogP contribution in [-0.2, 0) is 4.79 Å². The molecule has 0 aliphatic rings. The number of halogens is 1. The molecule has 0 heterocycles. The summed E-state index contributed by atoms with van der Waals surface area (Å²) in [6, 6.07) is 11.7. The molecule has 2 amide bonds. The monoisotopic (exact) mass is 431 g/mol. The second kappa shape index (κ2) is 12.5. The topological polar surface area (TPSA) is 100 Å². The van der Waals surface area contributed by atoms with Gasteiger partial charge in [-0.15, -0.1) is 0 Å². The van der Waals surface area contributed by atoms with Crippen molar-refractivity contribution in [2.24, 2.45) is 5.10 Å². The van der Waals surface area contributed by atoms with E-state index in [1.165, 1.54) is 12.3 Å². The van der Waals surface area contributed by atoms with Gasteiger partial charge in [-0.1, -0.05) is 30.2 Å². The molecule has 0 bridgehead atoms. The Balaban J connectivity index is 1.61. The number of rotatable bonds is 11. The van der Waals surface area contributed by atoms with Crippen molar-refractivity contribution in [2.75, 3.05) is 13.2 Å². The SMILES string of the molecule is CCOc1cc(/C=N/NC(=O)CCCCCNC(=O)c2ccccc2Cl)ccc1O. The van der Waals surface area contributed by atoms with Gasteiger partial charge in [-0.3, -0.25) is 9.59 Å². The van der Waals surface area contributed by atoms with Crippen molar-refractivity contribution in [1.82, 2.24) is 10.7 Å². The third-order valence-electron chi connectivity index (χ3n) is 4.17. The maximum Gasteiger partial charge on any atom is 0.252 e. The Hall–Kier alpha value is -3.06. The number of phenolic OH excluding ortho intramolecular Hbond substituents is 1. The van der Waals surface area contributed by atoms with Crippen molar-refractivity contribution in [3.63, 3.8) is 0 Å². The van der Waals surface area contributed by atoms with E-state index in [4.69, 9.17) is 16.3 Å². The Kier molecular flexibility index (Phi) is 9.67. The summed E-state index contributed by atoms with van der Waals surface area (Å²) in [5.74, 6) is 0.0417. The summed E-state index contributed by atoms with van der Waals surface area (Å²) in [6.45, 7) is 2.79. The number of carbonyl (C=O) groups is 2.